The molecule has 0 atom stereocenters. The Morgan fingerprint density at radius 2 is 2.27 bits per heavy atom. The molecule has 0 N–H and O–H groups in total. The van der Waals surface area contributed by atoms with Crippen molar-refractivity contribution in [3.8, 4) is 0 Å². The highest BCUT2D eigenvalue weighted by atomic mass is 32.1. The summed E-state index contributed by atoms with van der Waals surface area (Å²) in [5, 5.41) is 1.72. The molecule has 0 aliphatic rings. The van der Waals surface area contributed by atoms with Gasteiger partial charge in [0.05, 0.1) is 6.20 Å². The summed E-state index contributed by atoms with van der Waals surface area (Å²) in [6.45, 7) is 7.89. The van der Waals surface area contributed by atoms with Crippen molar-refractivity contribution >= 4 is 22.1 Å². The van der Waals surface area contributed by atoms with Crippen LogP contribution in [0.1, 0.15) is 43.4 Å². The molecule has 1 heterocycles. The number of nitrogens with zero attached hydrogens (tertiary/aromatic N) is 2. The van der Waals surface area contributed by atoms with Crippen LogP contribution in [0.25, 0.3) is 0 Å². The first-order valence-corrected chi connectivity index (χ1v) is 6.22. The lowest BCUT2D eigenvalue weighted by atomic mass is 10.3. The summed E-state index contributed by atoms with van der Waals surface area (Å²) in [7, 11) is 0. The number of carbonyl (C=O) groups is 1. The fourth-order valence-electron chi connectivity index (χ4n) is 1.35. The first-order valence-electron chi connectivity index (χ1n) is 5.40. The number of unbranched alkanes of at least 4 members (excludes halogenated alkanes) is 1. The fraction of sp³-hybridized carbons (Fsp3) is 0.636. The predicted molar refractivity (Wildman–Crippen MR) is 64.9 cm³/mol. The van der Waals surface area contributed by atoms with E-state index in [-0.39, 0.29) is 5.78 Å². The molecule has 0 radical (unpaired) electrons. The summed E-state index contributed by atoms with van der Waals surface area (Å²) in [5.74, 6) is 0.0535. The van der Waals surface area contributed by atoms with Crippen LogP contribution in [0.2, 0.25) is 0 Å². The highest BCUT2D eigenvalue weighted by Gasteiger charge is 2.10. The van der Waals surface area contributed by atoms with E-state index in [2.05, 4.69) is 23.7 Å². The van der Waals surface area contributed by atoms with Crippen LogP contribution >= 0.6 is 11.3 Å². The fourth-order valence-corrected chi connectivity index (χ4v) is 2.25. The summed E-state index contributed by atoms with van der Waals surface area (Å²) in [4.78, 5) is 17.5. The van der Waals surface area contributed by atoms with Crippen LogP contribution in [0.4, 0.5) is 5.00 Å². The molecule has 84 valence electrons. The van der Waals surface area contributed by atoms with Crippen molar-refractivity contribution in [1.82, 2.24) is 4.98 Å². The standard InChI is InChI=1S/C11H18N2OS/c1-4-6-7-13(5-2)10-8-12-11(15-10)9(3)14/h8H,4-7H2,1-3H3. The predicted octanol–water partition coefficient (Wildman–Crippen LogP) is 2.97. The second kappa shape index (κ2) is 5.85. The Balaban J connectivity index is 2.69. The van der Waals surface area contributed by atoms with E-state index in [1.165, 1.54) is 24.2 Å². The van der Waals surface area contributed by atoms with E-state index in [0.717, 1.165) is 18.1 Å². The first-order chi connectivity index (χ1) is 7.19. The van der Waals surface area contributed by atoms with Crippen molar-refractivity contribution in [2.75, 3.05) is 18.0 Å². The van der Waals surface area contributed by atoms with Gasteiger partial charge in [0, 0.05) is 20.0 Å². The second-order valence-electron chi connectivity index (χ2n) is 3.49. The molecule has 1 rings (SSSR count). The number of ketones is 1. The number of hydrogen-bond acceptors (Lipinski definition) is 4. The molecule has 3 nitrogen and oxygen atoms in total. The lowest BCUT2D eigenvalue weighted by Crippen LogP contribution is -2.22. The molecular formula is C11H18N2OS. The van der Waals surface area contributed by atoms with Gasteiger partial charge in [-0.25, -0.2) is 4.98 Å². The van der Waals surface area contributed by atoms with Crippen molar-refractivity contribution in [3.05, 3.63) is 11.2 Å². The molecule has 0 saturated heterocycles. The smallest absolute Gasteiger partial charge is 0.188 e. The summed E-state index contributed by atoms with van der Waals surface area (Å²) in [6.07, 6.45) is 4.18. The molecular weight excluding hydrogens is 208 g/mol. The van der Waals surface area contributed by atoms with Gasteiger partial charge in [0.1, 0.15) is 5.00 Å². The quantitative estimate of drug-likeness (QED) is 0.699. The largest absolute Gasteiger partial charge is 0.362 e. The van der Waals surface area contributed by atoms with Gasteiger partial charge in [-0.05, 0) is 13.3 Å². The number of carbonyl (C=O) groups excluding carboxylic acids is 1. The molecule has 0 unspecified atom stereocenters. The van der Waals surface area contributed by atoms with E-state index in [1.54, 1.807) is 13.1 Å². The Morgan fingerprint density at radius 3 is 2.73 bits per heavy atom. The Morgan fingerprint density at radius 1 is 1.53 bits per heavy atom. The number of aromatic nitrogens is 1. The Bertz CT molecular complexity index is 322. The minimum Gasteiger partial charge on any atom is -0.362 e. The van der Waals surface area contributed by atoms with Crippen molar-refractivity contribution in [3.63, 3.8) is 0 Å². The van der Waals surface area contributed by atoms with Crippen LogP contribution in [0.5, 0.6) is 0 Å². The van der Waals surface area contributed by atoms with Crippen LogP contribution in [-0.2, 0) is 0 Å². The number of thiazole rings is 1. The van der Waals surface area contributed by atoms with Crippen molar-refractivity contribution in [2.45, 2.75) is 33.6 Å². The van der Waals surface area contributed by atoms with Crippen LogP contribution in [0.3, 0.4) is 0 Å². The van der Waals surface area contributed by atoms with Gasteiger partial charge in [0.2, 0.25) is 0 Å². The Labute approximate surface area is 95.1 Å². The average Bonchev–Trinajstić information content (AvgIpc) is 2.68. The molecule has 1 aromatic heterocycles. The minimum absolute atomic E-state index is 0.0535. The molecule has 0 spiro atoms. The van der Waals surface area contributed by atoms with Crippen molar-refractivity contribution in [1.29, 1.82) is 0 Å². The molecule has 1 aromatic rings. The van der Waals surface area contributed by atoms with E-state index in [4.69, 9.17) is 0 Å². The highest BCUT2D eigenvalue weighted by molar-refractivity contribution is 7.17. The maximum atomic E-state index is 11.1. The summed E-state index contributed by atoms with van der Waals surface area (Å²) >= 11 is 1.49. The second-order valence-corrected chi connectivity index (χ2v) is 4.50. The van der Waals surface area contributed by atoms with E-state index >= 15 is 0 Å². The van der Waals surface area contributed by atoms with Gasteiger partial charge in [0.15, 0.2) is 10.8 Å². The van der Waals surface area contributed by atoms with Gasteiger partial charge in [-0.3, -0.25) is 4.79 Å². The third-order valence-electron chi connectivity index (χ3n) is 2.27. The molecule has 0 aromatic carbocycles. The number of anilines is 1. The molecule has 0 amide bonds. The topological polar surface area (TPSA) is 33.2 Å². The van der Waals surface area contributed by atoms with E-state index < -0.39 is 0 Å². The molecule has 0 aliphatic carbocycles. The van der Waals surface area contributed by atoms with Crippen LogP contribution < -0.4 is 4.90 Å². The monoisotopic (exact) mass is 226 g/mol. The van der Waals surface area contributed by atoms with E-state index in [0.29, 0.717) is 5.01 Å². The maximum absolute atomic E-state index is 11.1. The van der Waals surface area contributed by atoms with Gasteiger partial charge in [-0.15, -0.1) is 0 Å². The lowest BCUT2D eigenvalue weighted by Gasteiger charge is -2.19. The SMILES string of the molecule is CCCCN(CC)c1cnc(C(C)=O)s1. The van der Waals surface area contributed by atoms with Crippen LogP contribution in [0.15, 0.2) is 6.20 Å². The summed E-state index contributed by atoms with van der Waals surface area (Å²) < 4.78 is 0. The summed E-state index contributed by atoms with van der Waals surface area (Å²) in [6, 6.07) is 0. The van der Waals surface area contributed by atoms with Crippen molar-refractivity contribution < 1.29 is 4.79 Å². The number of Topliss-reactive ketones (excluding diaryl/α,β-unsaturated/α-hetero) is 1. The minimum atomic E-state index is 0.0535. The number of rotatable bonds is 6. The van der Waals surface area contributed by atoms with Crippen LogP contribution in [0, 0.1) is 0 Å². The molecule has 15 heavy (non-hydrogen) atoms. The van der Waals surface area contributed by atoms with Gasteiger partial charge in [-0.1, -0.05) is 24.7 Å². The zero-order chi connectivity index (χ0) is 11.3. The van der Waals surface area contributed by atoms with Gasteiger partial charge in [-0.2, -0.15) is 0 Å². The van der Waals surface area contributed by atoms with Gasteiger partial charge >= 0.3 is 0 Å². The van der Waals surface area contributed by atoms with E-state index in [9.17, 15) is 4.79 Å². The molecule has 0 bridgehead atoms. The van der Waals surface area contributed by atoms with Gasteiger partial charge in [0.25, 0.3) is 0 Å². The molecule has 0 aliphatic heterocycles. The van der Waals surface area contributed by atoms with Crippen molar-refractivity contribution in [2.24, 2.45) is 0 Å². The molecule has 0 saturated carbocycles. The highest BCUT2D eigenvalue weighted by Crippen LogP contribution is 2.23. The molecule has 4 heteroatoms. The normalized spacial score (nSPS) is 10.3. The Kier molecular flexibility index (Phi) is 4.75. The lowest BCUT2D eigenvalue weighted by molar-refractivity contribution is 0.101. The zero-order valence-corrected chi connectivity index (χ0v) is 10.4. The third-order valence-corrected chi connectivity index (χ3v) is 3.43. The van der Waals surface area contributed by atoms with Gasteiger partial charge < -0.3 is 4.90 Å². The zero-order valence-electron chi connectivity index (χ0n) is 9.62. The first kappa shape index (κ1) is 12.2. The molecule has 0 fully saturated rings. The average molecular weight is 226 g/mol. The van der Waals surface area contributed by atoms with E-state index in [1.807, 2.05) is 0 Å². The number of hydrogen-bond donors (Lipinski definition) is 0. The third kappa shape index (κ3) is 3.30. The van der Waals surface area contributed by atoms with Crippen LogP contribution in [-0.4, -0.2) is 23.9 Å². The summed E-state index contributed by atoms with van der Waals surface area (Å²) in [5.41, 5.74) is 0. The Hall–Kier alpha value is -0.900. The maximum Gasteiger partial charge on any atom is 0.188 e.